The molecule has 0 saturated carbocycles. The maximum Gasteiger partial charge on any atom is 0.165 e. The Morgan fingerprint density at radius 2 is 2.19 bits per heavy atom. The first-order valence-corrected chi connectivity index (χ1v) is 7.90. The van der Waals surface area contributed by atoms with Crippen molar-refractivity contribution in [1.82, 2.24) is 10.2 Å². The molecule has 1 aliphatic rings. The lowest BCUT2D eigenvalue weighted by atomic mass is 10.0. The first kappa shape index (κ1) is 16.2. The van der Waals surface area contributed by atoms with Crippen LogP contribution in [0.4, 0.5) is 4.39 Å². The minimum absolute atomic E-state index is 0.274. The molecule has 0 spiro atoms. The van der Waals surface area contributed by atoms with Gasteiger partial charge in [-0.15, -0.1) is 0 Å². The standard InChI is InChI=1S/C17H27FN2O/c1-13(2)19-11-15-6-4-5-9-20(15)12-14-7-8-17(21-3)16(18)10-14/h7-8,10,13,15,19H,4-6,9,11-12H2,1-3H3. The van der Waals surface area contributed by atoms with Crippen LogP contribution in [0.2, 0.25) is 0 Å². The van der Waals surface area contributed by atoms with Gasteiger partial charge in [0.1, 0.15) is 0 Å². The van der Waals surface area contributed by atoms with E-state index in [-0.39, 0.29) is 5.82 Å². The van der Waals surface area contributed by atoms with E-state index in [0.717, 1.165) is 25.2 Å². The molecule has 1 unspecified atom stereocenters. The van der Waals surface area contributed by atoms with Gasteiger partial charge in [0.05, 0.1) is 7.11 Å². The van der Waals surface area contributed by atoms with E-state index >= 15 is 0 Å². The van der Waals surface area contributed by atoms with Crippen molar-refractivity contribution in [1.29, 1.82) is 0 Å². The normalized spacial score (nSPS) is 20.0. The lowest BCUT2D eigenvalue weighted by Gasteiger charge is -2.36. The molecule has 1 heterocycles. The molecule has 4 heteroatoms. The summed E-state index contributed by atoms with van der Waals surface area (Å²) >= 11 is 0. The number of hydrogen-bond donors (Lipinski definition) is 1. The number of nitrogens with one attached hydrogen (secondary N) is 1. The fraction of sp³-hybridized carbons (Fsp3) is 0.647. The van der Waals surface area contributed by atoms with E-state index in [1.54, 1.807) is 12.1 Å². The average molecular weight is 294 g/mol. The number of hydrogen-bond acceptors (Lipinski definition) is 3. The molecule has 1 saturated heterocycles. The molecule has 0 bridgehead atoms. The minimum Gasteiger partial charge on any atom is -0.494 e. The van der Waals surface area contributed by atoms with Crippen LogP contribution < -0.4 is 10.1 Å². The Hall–Kier alpha value is -1.13. The number of benzene rings is 1. The molecule has 1 aromatic carbocycles. The quantitative estimate of drug-likeness (QED) is 0.872. The van der Waals surface area contributed by atoms with Crippen LogP contribution in [0.3, 0.4) is 0 Å². The summed E-state index contributed by atoms with van der Waals surface area (Å²) in [6.45, 7) is 7.26. The molecule has 1 fully saturated rings. The van der Waals surface area contributed by atoms with E-state index in [9.17, 15) is 4.39 Å². The molecule has 0 aliphatic carbocycles. The number of likely N-dealkylation sites (tertiary alicyclic amines) is 1. The van der Waals surface area contributed by atoms with Crippen molar-refractivity contribution in [2.45, 2.75) is 51.7 Å². The summed E-state index contributed by atoms with van der Waals surface area (Å²) in [4.78, 5) is 2.47. The van der Waals surface area contributed by atoms with Crippen molar-refractivity contribution in [3.8, 4) is 5.75 Å². The van der Waals surface area contributed by atoms with Crippen LogP contribution >= 0.6 is 0 Å². The molecule has 1 aromatic rings. The zero-order chi connectivity index (χ0) is 15.2. The molecule has 1 atom stereocenters. The number of rotatable bonds is 6. The molecular weight excluding hydrogens is 267 g/mol. The van der Waals surface area contributed by atoms with Crippen LogP contribution in [0.25, 0.3) is 0 Å². The van der Waals surface area contributed by atoms with Gasteiger partial charge in [-0.05, 0) is 37.1 Å². The van der Waals surface area contributed by atoms with Crippen molar-refractivity contribution >= 4 is 0 Å². The van der Waals surface area contributed by atoms with E-state index in [4.69, 9.17) is 4.74 Å². The van der Waals surface area contributed by atoms with Crippen LogP contribution in [-0.4, -0.2) is 37.2 Å². The number of methoxy groups -OCH3 is 1. The van der Waals surface area contributed by atoms with Gasteiger partial charge in [0.2, 0.25) is 0 Å². The lowest BCUT2D eigenvalue weighted by molar-refractivity contribution is 0.135. The second-order valence-electron chi connectivity index (χ2n) is 6.15. The molecule has 2 rings (SSSR count). The average Bonchev–Trinajstić information content (AvgIpc) is 2.46. The maximum atomic E-state index is 13.8. The Labute approximate surface area is 127 Å². The second-order valence-corrected chi connectivity index (χ2v) is 6.15. The van der Waals surface area contributed by atoms with E-state index in [2.05, 4.69) is 24.1 Å². The number of ether oxygens (including phenoxy) is 1. The van der Waals surface area contributed by atoms with E-state index < -0.39 is 0 Å². The van der Waals surface area contributed by atoms with Gasteiger partial charge >= 0.3 is 0 Å². The highest BCUT2D eigenvalue weighted by Crippen LogP contribution is 2.22. The zero-order valence-corrected chi connectivity index (χ0v) is 13.4. The predicted molar refractivity (Wildman–Crippen MR) is 84.1 cm³/mol. The lowest BCUT2D eigenvalue weighted by Crippen LogP contribution is -2.46. The van der Waals surface area contributed by atoms with Crippen LogP contribution in [0.15, 0.2) is 18.2 Å². The SMILES string of the molecule is COc1ccc(CN2CCCCC2CNC(C)C)cc1F. The van der Waals surface area contributed by atoms with Crippen molar-refractivity contribution in [3.05, 3.63) is 29.6 Å². The second kappa shape index (κ2) is 7.76. The van der Waals surface area contributed by atoms with Gasteiger partial charge in [-0.2, -0.15) is 0 Å². The third-order valence-electron chi connectivity index (χ3n) is 4.11. The fourth-order valence-electron chi connectivity index (χ4n) is 2.91. The largest absolute Gasteiger partial charge is 0.494 e. The maximum absolute atomic E-state index is 13.8. The Balaban J connectivity index is 1.99. The summed E-state index contributed by atoms with van der Waals surface area (Å²) in [5.74, 6) is 0.0410. The topological polar surface area (TPSA) is 24.5 Å². The molecule has 0 radical (unpaired) electrons. The predicted octanol–water partition coefficient (Wildman–Crippen LogP) is 3.19. The molecule has 1 aliphatic heterocycles. The number of halogens is 1. The van der Waals surface area contributed by atoms with E-state index in [0.29, 0.717) is 17.8 Å². The molecule has 1 N–H and O–H groups in total. The zero-order valence-electron chi connectivity index (χ0n) is 13.4. The molecule has 118 valence electrons. The van der Waals surface area contributed by atoms with Crippen LogP contribution in [0.1, 0.15) is 38.7 Å². The Morgan fingerprint density at radius 1 is 1.38 bits per heavy atom. The first-order valence-electron chi connectivity index (χ1n) is 7.90. The van der Waals surface area contributed by atoms with Crippen LogP contribution in [-0.2, 0) is 6.54 Å². The number of piperidine rings is 1. The third kappa shape index (κ3) is 4.68. The van der Waals surface area contributed by atoms with Gasteiger partial charge < -0.3 is 10.1 Å². The van der Waals surface area contributed by atoms with E-state index in [1.165, 1.54) is 26.4 Å². The Morgan fingerprint density at radius 3 is 2.86 bits per heavy atom. The van der Waals surface area contributed by atoms with E-state index in [1.807, 2.05) is 6.07 Å². The van der Waals surface area contributed by atoms with Crippen molar-refractivity contribution < 1.29 is 9.13 Å². The summed E-state index contributed by atoms with van der Waals surface area (Å²) in [7, 11) is 1.50. The Bertz CT molecular complexity index is 450. The summed E-state index contributed by atoms with van der Waals surface area (Å²) < 4.78 is 18.8. The summed E-state index contributed by atoms with van der Waals surface area (Å²) in [5, 5.41) is 3.52. The first-order chi connectivity index (χ1) is 10.1. The van der Waals surface area contributed by atoms with Gasteiger partial charge in [0.15, 0.2) is 11.6 Å². The number of nitrogens with zero attached hydrogens (tertiary/aromatic N) is 1. The van der Waals surface area contributed by atoms with Crippen molar-refractivity contribution in [3.63, 3.8) is 0 Å². The fourth-order valence-corrected chi connectivity index (χ4v) is 2.91. The summed E-state index contributed by atoms with van der Waals surface area (Å²) in [6, 6.07) is 6.33. The monoisotopic (exact) mass is 294 g/mol. The van der Waals surface area contributed by atoms with Gasteiger partial charge in [-0.1, -0.05) is 26.3 Å². The smallest absolute Gasteiger partial charge is 0.165 e. The summed E-state index contributed by atoms with van der Waals surface area (Å²) in [5.41, 5.74) is 1.02. The van der Waals surface area contributed by atoms with Gasteiger partial charge in [0, 0.05) is 25.2 Å². The van der Waals surface area contributed by atoms with Crippen molar-refractivity contribution in [2.24, 2.45) is 0 Å². The molecular formula is C17H27FN2O. The highest BCUT2D eigenvalue weighted by Gasteiger charge is 2.22. The van der Waals surface area contributed by atoms with Crippen LogP contribution in [0.5, 0.6) is 5.75 Å². The van der Waals surface area contributed by atoms with Crippen LogP contribution in [0, 0.1) is 5.82 Å². The third-order valence-corrected chi connectivity index (χ3v) is 4.11. The molecule has 0 aromatic heterocycles. The Kier molecular flexibility index (Phi) is 6.00. The van der Waals surface area contributed by atoms with Gasteiger partial charge in [0.25, 0.3) is 0 Å². The minimum atomic E-state index is -0.274. The highest BCUT2D eigenvalue weighted by molar-refractivity contribution is 5.29. The summed E-state index contributed by atoms with van der Waals surface area (Å²) in [6.07, 6.45) is 3.74. The highest BCUT2D eigenvalue weighted by atomic mass is 19.1. The molecule has 0 amide bonds. The van der Waals surface area contributed by atoms with Crippen molar-refractivity contribution in [2.75, 3.05) is 20.2 Å². The molecule has 21 heavy (non-hydrogen) atoms. The van der Waals surface area contributed by atoms with Gasteiger partial charge in [-0.3, -0.25) is 4.90 Å². The molecule has 3 nitrogen and oxygen atoms in total. The van der Waals surface area contributed by atoms with Gasteiger partial charge in [-0.25, -0.2) is 4.39 Å².